The van der Waals surface area contributed by atoms with Gasteiger partial charge in [-0.2, -0.15) is 0 Å². The number of rotatable bonds is 7. The van der Waals surface area contributed by atoms with Crippen LogP contribution in [-0.4, -0.2) is 41.5 Å². The highest BCUT2D eigenvalue weighted by molar-refractivity contribution is 6.62. The zero-order chi connectivity index (χ0) is 21.8. The van der Waals surface area contributed by atoms with Gasteiger partial charge in [0, 0.05) is 5.46 Å². The molecule has 0 saturated heterocycles. The maximum absolute atomic E-state index is 10.6. The molecular formula is C21H23B3O6. The first kappa shape index (κ1) is 22.0. The second-order valence-electron chi connectivity index (χ2n) is 7.39. The Bertz CT molecular complexity index is 1030. The lowest BCUT2D eigenvalue weighted by Crippen LogP contribution is -2.39. The fraction of sp³-hybridized carbons (Fsp3) is 0.143. The van der Waals surface area contributed by atoms with Gasteiger partial charge in [-0.05, 0) is 67.1 Å². The van der Waals surface area contributed by atoms with Crippen molar-refractivity contribution in [2.24, 2.45) is 0 Å². The van der Waals surface area contributed by atoms with Gasteiger partial charge in [0.05, 0.1) is 0 Å². The van der Waals surface area contributed by atoms with Crippen molar-refractivity contribution >= 4 is 37.7 Å². The van der Waals surface area contributed by atoms with Crippen molar-refractivity contribution in [1.29, 1.82) is 0 Å². The first-order chi connectivity index (χ1) is 14.2. The average molecular weight is 404 g/mol. The third-order valence-electron chi connectivity index (χ3n) is 4.55. The van der Waals surface area contributed by atoms with Gasteiger partial charge in [0.25, 0.3) is 0 Å². The summed E-state index contributed by atoms with van der Waals surface area (Å²) in [6.45, 7) is 5.56. The molecule has 3 rings (SSSR count). The smallest absolute Gasteiger partial charge is 0.532 e. The van der Waals surface area contributed by atoms with Crippen molar-refractivity contribution in [3.05, 3.63) is 77.4 Å². The largest absolute Gasteiger partial charge is 0.560 e. The molecule has 0 atom stereocenters. The van der Waals surface area contributed by atoms with E-state index in [9.17, 15) is 20.1 Å². The van der Waals surface area contributed by atoms with Crippen LogP contribution in [0.15, 0.2) is 60.7 Å². The van der Waals surface area contributed by atoms with Gasteiger partial charge < -0.3 is 29.4 Å². The highest BCUT2D eigenvalue weighted by Crippen LogP contribution is 2.15. The summed E-state index contributed by atoms with van der Waals surface area (Å²) in [5, 5.41) is 39.7. The Morgan fingerprint density at radius 2 is 1.07 bits per heavy atom. The molecule has 3 aromatic rings. The van der Waals surface area contributed by atoms with Crippen LogP contribution in [0.2, 0.25) is 0 Å². The normalized spacial score (nSPS) is 10.5. The van der Waals surface area contributed by atoms with Gasteiger partial charge in [0.2, 0.25) is 0 Å². The van der Waals surface area contributed by atoms with Gasteiger partial charge in [-0.25, -0.2) is 0 Å². The number of benzene rings is 3. The molecular weight excluding hydrogens is 381 g/mol. The van der Waals surface area contributed by atoms with Gasteiger partial charge in [0.15, 0.2) is 0 Å². The molecule has 0 fully saturated rings. The van der Waals surface area contributed by atoms with Gasteiger partial charge in [0.1, 0.15) is 11.5 Å². The van der Waals surface area contributed by atoms with Gasteiger partial charge in [-0.15, -0.1) is 0 Å². The van der Waals surface area contributed by atoms with Crippen molar-refractivity contribution in [2.75, 3.05) is 0 Å². The minimum absolute atomic E-state index is 0.270. The fourth-order valence-corrected chi connectivity index (χ4v) is 3.20. The molecule has 0 aliphatic carbocycles. The summed E-state index contributed by atoms with van der Waals surface area (Å²) in [7, 11) is -4.09. The van der Waals surface area contributed by atoms with E-state index in [0.29, 0.717) is 22.4 Å². The molecule has 0 amide bonds. The van der Waals surface area contributed by atoms with Gasteiger partial charge >= 0.3 is 21.4 Å². The Kier molecular flexibility index (Phi) is 6.89. The Morgan fingerprint density at radius 1 is 0.567 bits per heavy atom. The summed E-state index contributed by atoms with van der Waals surface area (Å²) < 4.78 is 11.3. The van der Waals surface area contributed by atoms with E-state index in [4.69, 9.17) is 9.31 Å². The molecule has 0 radical (unpaired) electrons. The topological polar surface area (TPSA) is 99.4 Å². The molecule has 0 bridgehead atoms. The predicted molar refractivity (Wildman–Crippen MR) is 120 cm³/mol. The molecule has 30 heavy (non-hydrogen) atoms. The van der Waals surface area contributed by atoms with E-state index in [1.165, 1.54) is 6.07 Å². The standard InChI is InChI=1S/C21H23B3O6/c1-14-5-4-6-17(7-14)23(27)29-21-11-16(3)9-19(13-21)24(28)30-20-10-15(2)8-18(12-20)22(25)26/h4-13,25-28H,1-3H3. The quantitative estimate of drug-likeness (QED) is 0.409. The lowest BCUT2D eigenvalue weighted by molar-refractivity contribution is 0.422. The second kappa shape index (κ2) is 9.40. The van der Waals surface area contributed by atoms with E-state index in [1.807, 2.05) is 32.0 Å². The highest BCUT2D eigenvalue weighted by Gasteiger charge is 2.24. The van der Waals surface area contributed by atoms with E-state index in [2.05, 4.69) is 0 Å². The maximum Gasteiger partial charge on any atom is 0.560 e. The Hall–Kier alpha value is -2.71. The summed E-state index contributed by atoms with van der Waals surface area (Å²) in [4.78, 5) is 0. The molecule has 0 spiro atoms. The SMILES string of the molecule is Cc1cc(OB(O)c2cc(C)cc(OB(O)c3cccc(C)c3)c2)cc(B(O)O)c1. The zero-order valence-corrected chi connectivity index (χ0v) is 17.1. The highest BCUT2D eigenvalue weighted by atomic mass is 16.5. The lowest BCUT2D eigenvalue weighted by Gasteiger charge is -2.16. The molecule has 9 heteroatoms. The predicted octanol–water partition coefficient (Wildman–Crippen LogP) is -0.175. The second-order valence-corrected chi connectivity index (χ2v) is 7.39. The molecule has 0 aliphatic rings. The molecule has 0 unspecified atom stereocenters. The molecule has 0 heterocycles. The van der Waals surface area contributed by atoms with Crippen molar-refractivity contribution in [3.8, 4) is 11.5 Å². The summed E-state index contributed by atoms with van der Waals surface area (Å²) >= 11 is 0. The van der Waals surface area contributed by atoms with Crippen molar-refractivity contribution in [3.63, 3.8) is 0 Å². The van der Waals surface area contributed by atoms with Crippen LogP contribution in [0.5, 0.6) is 11.5 Å². The summed E-state index contributed by atoms with van der Waals surface area (Å²) in [5.74, 6) is 0.687. The van der Waals surface area contributed by atoms with Crippen molar-refractivity contribution in [1.82, 2.24) is 0 Å². The van der Waals surface area contributed by atoms with Crippen LogP contribution in [0, 0.1) is 20.8 Å². The molecule has 4 N–H and O–H groups in total. The number of aryl methyl sites for hydroxylation is 3. The molecule has 0 aliphatic heterocycles. The monoisotopic (exact) mass is 404 g/mol. The number of hydrogen-bond donors (Lipinski definition) is 4. The zero-order valence-electron chi connectivity index (χ0n) is 17.1. The Labute approximate surface area is 177 Å². The van der Waals surface area contributed by atoms with Crippen LogP contribution >= 0.6 is 0 Å². The van der Waals surface area contributed by atoms with E-state index in [0.717, 1.165) is 16.7 Å². The molecule has 3 aromatic carbocycles. The molecule has 0 aromatic heterocycles. The minimum atomic E-state index is -1.63. The van der Waals surface area contributed by atoms with Gasteiger partial charge in [-0.3, -0.25) is 0 Å². The molecule has 6 nitrogen and oxygen atoms in total. The van der Waals surface area contributed by atoms with E-state index in [-0.39, 0.29) is 5.46 Å². The van der Waals surface area contributed by atoms with Crippen molar-refractivity contribution in [2.45, 2.75) is 20.8 Å². The summed E-state index contributed by atoms with van der Waals surface area (Å²) in [6, 6.07) is 17.2. The van der Waals surface area contributed by atoms with E-state index < -0.39 is 21.4 Å². The summed E-state index contributed by atoms with van der Waals surface area (Å²) in [6.07, 6.45) is 0. The first-order valence-corrected chi connectivity index (χ1v) is 9.56. The number of hydrogen-bond acceptors (Lipinski definition) is 6. The minimum Gasteiger partial charge on any atom is -0.532 e. The average Bonchev–Trinajstić information content (AvgIpc) is 2.67. The summed E-state index contributed by atoms with van der Waals surface area (Å²) in [5.41, 5.74) is 3.93. The van der Waals surface area contributed by atoms with Crippen molar-refractivity contribution < 1.29 is 29.4 Å². The van der Waals surface area contributed by atoms with E-state index in [1.54, 1.807) is 43.3 Å². The molecule has 152 valence electrons. The Morgan fingerprint density at radius 3 is 1.63 bits per heavy atom. The lowest BCUT2D eigenvalue weighted by atomic mass is 9.76. The van der Waals surface area contributed by atoms with Crippen LogP contribution in [-0.2, 0) is 0 Å². The first-order valence-electron chi connectivity index (χ1n) is 9.56. The Balaban J connectivity index is 1.79. The van der Waals surface area contributed by atoms with Crippen LogP contribution in [0.1, 0.15) is 16.7 Å². The van der Waals surface area contributed by atoms with Crippen LogP contribution in [0.25, 0.3) is 0 Å². The maximum atomic E-state index is 10.6. The van der Waals surface area contributed by atoms with Crippen LogP contribution in [0.3, 0.4) is 0 Å². The molecule has 0 saturated carbocycles. The fourth-order valence-electron chi connectivity index (χ4n) is 3.20. The third kappa shape index (κ3) is 5.67. The van der Waals surface area contributed by atoms with Crippen LogP contribution in [0.4, 0.5) is 0 Å². The van der Waals surface area contributed by atoms with Crippen LogP contribution < -0.4 is 25.7 Å². The third-order valence-corrected chi connectivity index (χ3v) is 4.55. The van der Waals surface area contributed by atoms with Gasteiger partial charge in [-0.1, -0.05) is 42.0 Å². The van der Waals surface area contributed by atoms with E-state index >= 15 is 0 Å².